The van der Waals surface area contributed by atoms with Crippen molar-refractivity contribution in [3.63, 3.8) is 0 Å². The maximum absolute atomic E-state index is 13.0. The third kappa shape index (κ3) is 2.55. The van der Waals surface area contributed by atoms with Crippen LogP contribution < -0.4 is 5.32 Å². The minimum Gasteiger partial charge on any atom is -0.379 e. The van der Waals surface area contributed by atoms with Gasteiger partial charge in [-0.25, -0.2) is 0 Å². The Kier molecular flexibility index (Phi) is 4.68. The second-order valence-electron chi connectivity index (χ2n) is 5.86. The molecule has 1 saturated heterocycles. The molecule has 5 heteroatoms. The van der Waals surface area contributed by atoms with Crippen LogP contribution in [0.2, 0.25) is 0 Å². The first kappa shape index (κ1) is 15.3. The van der Waals surface area contributed by atoms with Gasteiger partial charge in [-0.1, -0.05) is 13.8 Å². The van der Waals surface area contributed by atoms with E-state index in [9.17, 15) is 9.59 Å². The minimum atomic E-state index is -0.728. The van der Waals surface area contributed by atoms with Gasteiger partial charge in [-0.15, -0.1) is 0 Å². The van der Waals surface area contributed by atoms with Crippen LogP contribution in [0.25, 0.3) is 0 Å². The summed E-state index contributed by atoms with van der Waals surface area (Å²) in [5.74, 6) is 0.0545. The molecule has 1 heterocycles. The standard InChI is InChI=1S/C15H26N2O3/c1-4-15(5-2)14(19)17(10-9-13(18)16-15)11-7-6-8-12(11)20-3/h11-12H,4-10H2,1-3H3,(H,16,18). The van der Waals surface area contributed by atoms with Gasteiger partial charge in [-0.2, -0.15) is 0 Å². The van der Waals surface area contributed by atoms with Gasteiger partial charge in [0.2, 0.25) is 11.8 Å². The Morgan fingerprint density at radius 3 is 2.60 bits per heavy atom. The van der Waals surface area contributed by atoms with Gasteiger partial charge < -0.3 is 15.0 Å². The number of hydrogen-bond acceptors (Lipinski definition) is 3. The van der Waals surface area contributed by atoms with Crippen molar-refractivity contribution in [3.8, 4) is 0 Å². The Bertz CT molecular complexity index is 379. The molecule has 1 aliphatic heterocycles. The highest BCUT2D eigenvalue weighted by Crippen LogP contribution is 2.31. The average molecular weight is 282 g/mol. The highest BCUT2D eigenvalue weighted by Gasteiger charge is 2.46. The van der Waals surface area contributed by atoms with Crippen LogP contribution in [0.15, 0.2) is 0 Å². The molecule has 0 aromatic rings. The lowest BCUT2D eigenvalue weighted by molar-refractivity contribution is -0.143. The Morgan fingerprint density at radius 1 is 1.30 bits per heavy atom. The zero-order chi connectivity index (χ0) is 14.8. The maximum Gasteiger partial charge on any atom is 0.248 e. The molecule has 2 fully saturated rings. The molecule has 0 aromatic carbocycles. The summed E-state index contributed by atoms with van der Waals surface area (Å²) in [5.41, 5.74) is -0.728. The van der Waals surface area contributed by atoms with Crippen LogP contribution in [0.4, 0.5) is 0 Å². The number of ether oxygens (including phenoxy) is 1. The predicted molar refractivity (Wildman–Crippen MR) is 76.2 cm³/mol. The number of nitrogens with one attached hydrogen (secondary N) is 1. The molecule has 2 amide bonds. The average Bonchev–Trinajstić information content (AvgIpc) is 2.88. The van der Waals surface area contributed by atoms with Crippen LogP contribution in [-0.4, -0.2) is 48.1 Å². The second-order valence-corrected chi connectivity index (χ2v) is 5.86. The maximum atomic E-state index is 13.0. The predicted octanol–water partition coefficient (Wildman–Crippen LogP) is 1.46. The van der Waals surface area contributed by atoms with E-state index in [-0.39, 0.29) is 24.0 Å². The molecule has 2 rings (SSSR count). The van der Waals surface area contributed by atoms with Gasteiger partial charge in [0.15, 0.2) is 0 Å². The molecule has 0 spiro atoms. The van der Waals surface area contributed by atoms with Gasteiger partial charge in [0.1, 0.15) is 5.54 Å². The van der Waals surface area contributed by atoms with Crippen molar-refractivity contribution in [3.05, 3.63) is 0 Å². The molecule has 2 unspecified atom stereocenters. The van der Waals surface area contributed by atoms with E-state index in [1.807, 2.05) is 18.7 Å². The van der Waals surface area contributed by atoms with Gasteiger partial charge in [-0.05, 0) is 32.1 Å². The van der Waals surface area contributed by atoms with Crippen molar-refractivity contribution in [2.24, 2.45) is 0 Å². The second kappa shape index (κ2) is 6.12. The molecule has 114 valence electrons. The number of methoxy groups -OCH3 is 1. The zero-order valence-electron chi connectivity index (χ0n) is 12.8. The van der Waals surface area contributed by atoms with Crippen molar-refractivity contribution >= 4 is 11.8 Å². The van der Waals surface area contributed by atoms with E-state index in [1.165, 1.54) is 0 Å². The van der Waals surface area contributed by atoms with Crippen LogP contribution in [-0.2, 0) is 14.3 Å². The summed E-state index contributed by atoms with van der Waals surface area (Å²) < 4.78 is 5.53. The molecule has 2 aliphatic rings. The van der Waals surface area contributed by atoms with E-state index >= 15 is 0 Å². The summed E-state index contributed by atoms with van der Waals surface area (Å²) in [4.78, 5) is 26.8. The third-order valence-corrected chi connectivity index (χ3v) is 4.96. The van der Waals surface area contributed by atoms with Crippen molar-refractivity contribution in [2.45, 2.75) is 70.1 Å². The summed E-state index contributed by atoms with van der Waals surface area (Å²) in [7, 11) is 1.71. The third-order valence-electron chi connectivity index (χ3n) is 4.96. The van der Waals surface area contributed by atoms with E-state index in [0.29, 0.717) is 25.8 Å². The quantitative estimate of drug-likeness (QED) is 0.849. The largest absolute Gasteiger partial charge is 0.379 e. The monoisotopic (exact) mass is 282 g/mol. The first-order chi connectivity index (χ1) is 9.57. The van der Waals surface area contributed by atoms with Crippen LogP contribution in [0, 0.1) is 0 Å². The summed E-state index contributed by atoms with van der Waals surface area (Å²) in [5, 5.41) is 2.96. The van der Waals surface area contributed by atoms with Crippen molar-refractivity contribution in [2.75, 3.05) is 13.7 Å². The first-order valence-corrected chi connectivity index (χ1v) is 7.72. The molecule has 1 saturated carbocycles. The fourth-order valence-electron chi connectivity index (χ4n) is 3.56. The molecule has 2 atom stereocenters. The highest BCUT2D eigenvalue weighted by molar-refractivity contribution is 5.93. The van der Waals surface area contributed by atoms with E-state index < -0.39 is 5.54 Å². The first-order valence-electron chi connectivity index (χ1n) is 7.72. The molecular formula is C15H26N2O3. The number of amides is 2. The Morgan fingerprint density at radius 2 is 2.00 bits per heavy atom. The van der Waals surface area contributed by atoms with Gasteiger partial charge in [-0.3, -0.25) is 9.59 Å². The SMILES string of the molecule is CCC1(CC)NC(=O)CCN(C2CCCC2OC)C1=O. The van der Waals surface area contributed by atoms with Gasteiger partial charge >= 0.3 is 0 Å². The fraction of sp³-hybridized carbons (Fsp3) is 0.867. The lowest BCUT2D eigenvalue weighted by Gasteiger charge is -2.38. The zero-order valence-corrected chi connectivity index (χ0v) is 12.8. The van der Waals surface area contributed by atoms with E-state index in [2.05, 4.69) is 5.32 Å². The summed E-state index contributed by atoms with van der Waals surface area (Å²) in [6.07, 6.45) is 4.82. The number of hydrogen-bond donors (Lipinski definition) is 1. The molecule has 0 radical (unpaired) electrons. The summed E-state index contributed by atoms with van der Waals surface area (Å²) >= 11 is 0. The molecule has 20 heavy (non-hydrogen) atoms. The Labute approximate surface area is 121 Å². The smallest absolute Gasteiger partial charge is 0.248 e. The van der Waals surface area contributed by atoms with E-state index in [1.54, 1.807) is 7.11 Å². The molecule has 0 bridgehead atoms. The number of nitrogens with zero attached hydrogens (tertiary/aromatic N) is 1. The van der Waals surface area contributed by atoms with Gasteiger partial charge in [0, 0.05) is 20.1 Å². The molecule has 0 aromatic heterocycles. The minimum absolute atomic E-state index is 0.0171. The van der Waals surface area contributed by atoms with Gasteiger partial charge in [0.25, 0.3) is 0 Å². The lowest BCUT2D eigenvalue weighted by Crippen LogP contribution is -2.59. The number of carbonyl (C=O) groups excluding carboxylic acids is 2. The topological polar surface area (TPSA) is 58.6 Å². The Hall–Kier alpha value is -1.10. The Balaban J connectivity index is 2.28. The van der Waals surface area contributed by atoms with Crippen LogP contribution in [0.5, 0.6) is 0 Å². The van der Waals surface area contributed by atoms with Gasteiger partial charge in [0.05, 0.1) is 12.1 Å². The van der Waals surface area contributed by atoms with Crippen LogP contribution in [0.1, 0.15) is 52.4 Å². The van der Waals surface area contributed by atoms with Crippen molar-refractivity contribution < 1.29 is 14.3 Å². The van der Waals surface area contributed by atoms with E-state index in [0.717, 1.165) is 19.3 Å². The van der Waals surface area contributed by atoms with Crippen molar-refractivity contribution in [1.29, 1.82) is 0 Å². The normalized spacial score (nSPS) is 30.2. The fourth-order valence-corrected chi connectivity index (χ4v) is 3.56. The molecule has 5 nitrogen and oxygen atoms in total. The van der Waals surface area contributed by atoms with Crippen LogP contribution in [0.3, 0.4) is 0 Å². The summed E-state index contributed by atoms with van der Waals surface area (Å²) in [6.45, 7) is 4.44. The number of rotatable bonds is 4. The van der Waals surface area contributed by atoms with Crippen LogP contribution >= 0.6 is 0 Å². The summed E-state index contributed by atoms with van der Waals surface area (Å²) in [6, 6.07) is 0.123. The number of carbonyl (C=O) groups is 2. The van der Waals surface area contributed by atoms with E-state index in [4.69, 9.17) is 4.74 Å². The highest BCUT2D eigenvalue weighted by atomic mass is 16.5. The lowest BCUT2D eigenvalue weighted by atomic mass is 9.90. The van der Waals surface area contributed by atoms with Crippen molar-refractivity contribution in [1.82, 2.24) is 10.2 Å². The molecule has 1 aliphatic carbocycles. The molecule has 1 N–H and O–H groups in total. The molecular weight excluding hydrogens is 256 g/mol.